The first-order chi connectivity index (χ1) is 6.87. The van der Waals surface area contributed by atoms with E-state index in [-0.39, 0.29) is 5.41 Å². The number of hydrogen-bond acceptors (Lipinski definition) is 2. The molecule has 0 aromatic heterocycles. The van der Waals surface area contributed by atoms with E-state index in [1.54, 1.807) is 0 Å². The monoisotopic (exact) mass is 191 g/mol. The van der Waals surface area contributed by atoms with Crippen molar-refractivity contribution >= 4 is 5.71 Å². The second-order valence-electron chi connectivity index (χ2n) is 5.06. The minimum absolute atomic E-state index is 0.270. The highest BCUT2D eigenvalue weighted by atomic mass is 16.4. The molecule has 14 heavy (non-hydrogen) atoms. The third-order valence-corrected chi connectivity index (χ3v) is 4.62. The van der Waals surface area contributed by atoms with Gasteiger partial charge in [0.15, 0.2) is 0 Å². The minimum Gasteiger partial charge on any atom is -0.411 e. The van der Waals surface area contributed by atoms with Crippen molar-refractivity contribution in [2.45, 2.75) is 38.5 Å². The molecule has 3 rings (SSSR count). The average Bonchev–Trinajstić information content (AvgIpc) is 2.78. The third-order valence-electron chi connectivity index (χ3n) is 4.62. The molecule has 0 amide bonds. The minimum atomic E-state index is 0.270. The van der Waals surface area contributed by atoms with Gasteiger partial charge in [-0.2, -0.15) is 0 Å². The van der Waals surface area contributed by atoms with E-state index in [0.29, 0.717) is 5.92 Å². The smallest absolute Gasteiger partial charge is 0.0669 e. The van der Waals surface area contributed by atoms with Crippen LogP contribution in [0.2, 0.25) is 0 Å². The van der Waals surface area contributed by atoms with E-state index < -0.39 is 0 Å². The van der Waals surface area contributed by atoms with Gasteiger partial charge in [0.2, 0.25) is 0 Å². The summed E-state index contributed by atoms with van der Waals surface area (Å²) in [6, 6.07) is 0. The number of hydrogen-bond donors (Lipinski definition) is 1. The van der Waals surface area contributed by atoms with Gasteiger partial charge in [0.25, 0.3) is 0 Å². The number of oxime groups is 1. The lowest BCUT2D eigenvalue weighted by Gasteiger charge is -2.39. The summed E-state index contributed by atoms with van der Waals surface area (Å²) in [5.74, 6) is 1.42. The summed E-state index contributed by atoms with van der Waals surface area (Å²) in [7, 11) is 0. The Hall–Kier alpha value is -0.790. The Morgan fingerprint density at radius 1 is 1.36 bits per heavy atom. The van der Waals surface area contributed by atoms with E-state index in [1.165, 1.54) is 32.1 Å². The molecule has 0 aliphatic heterocycles. The molecule has 2 fully saturated rings. The van der Waals surface area contributed by atoms with E-state index in [0.717, 1.165) is 18.1 Å². The van der Waals surface area contributed by atoms with Crippen molar-refractivity contribution in [1.82, 2.24) is 0 Å². The highest BCUT2D eigenvalue weighted by Crippen LogP contribution is 2.58. The highest BCUT2D eigenvalue weighted by molar-refractivity contribution is 5.95. The topological polar surface area (TPSA) is 32.6 Å². The van der Waals surface area contributed by atoms with Crippen molar-refractivity contribution in [3.8, 4) is 0 Å². The third kappa shape index (κ3) is 0.891. The zero-order valence-electron chi connectivity index (χ0n) is 8.45. The molecule has 1 N–H and O–H groups in total. The molecule has 0 unspecified atom stereocenters. The molecule has 1 spiro atoms. The van der Waals surface area contributed by atoms with Crippen LogP contribution >= 0.6 is 0 Å². The zero-order chi connectivity index (χ0) is 9.60. The summed E-state index contributed by atoms with van der Waals surface area (Å²) in [6.07, 6.45) is 12.0. The van der Waals surface area contributed by atoms with Crippen LogP contribution in [0.25, 0.3) is 0 Å². The summed E-state index contributed by atoms with van der Waals surface area (Å²) in [4.78, 5) is 0. The van der Waals surface area contributed by atoms with Crippen LogP contribution in [-0.4, -0.2) is 10.9 Å². The first kappa shape index (κ1) is 8.51. The van der Waals surface area contributed by atoms with Crippen molar-refractivity contribution in [2.24, 2.45) is 22.4 Å². The normalized spacial score (nSPS) is 48.1. The molecule has 76 valence electrons. The van der Waals surface area contributed by atoms with Crippen LogP contribution < -0.4 is 0 Å². The highest BCUT2D eigenvalue weighted by Gasteiger charge is 2.55. The average molecular weight is 191 g/mol. The van der Waals surface area contributed by atoms with E-state index in [4.69, 9.17) is 5.21 Å². The Morgan fingerprint density at radius 2 is 2.29 bits per heavy atom. The van der Waals surface area contributed by atoms with Crippen LogP contribution in [-0.2, 0) is 0 Å². The van der Waals surface area contributed by atoms with E-state index in [2.05, 4.69) is 17.3 Å². The quantitative estimate of drug-likeness (QED) is 0.356. The van der Waals surface area contributed by atoms with Gasteiger partial charge in [-0.1, -0.05) is 17.3 Å². The molecule has 2 nitrogen and oxygen atoms in total. The Bertz CT molecular complexity index is 307. The summed E-state index contributed by atoms with van der Waals surface area (Å²) >= 11 is 0. The maximum absolute atomic E-state index is 9.17. The van der Waals surface area contributed by atoms with Gasteiger partial charge in [-0.25, -0.2) is 0 Å². The fraction of sp³-hybridized carbons (Fsp3) is 0.750. The number of rotatable bonds is 0. The van der Waals surface area contributed by atoms with Gasteiger partial charge in [0, 0.05) is 11.3 Å². The molecular weight excluding hydrogens is 174 g/mol. The van der Waals surface area contributed by atoms with Gasteiger partial charge in [0.05, 0.1) is 5.71 Å². The van der Waals surface area contributed by atoms with Crippen molar-refractivity contribution in [3.63, 3.8) is 0 Å². The van der Waals surface area contributed by atoms with E-state index >= 15 is 0 Å². The summed E-state index contributed by atoms with van der Waals surface area (Å²) in [6.45, 7) is 0. The standard InChI is InChI=1S/C12H17NO/c14-13-11-9-4-5-10(8-9)12(11)6-2-1-3-7-12/h1-2,9-10,14H,3-8H2/b13-11-/t9-,10+,12-/m1/s1. The van der Waals surface area contributed by atoms with Crippen LogP contribution in [0.1, 0.15) is 38.5 Å². The lowest BCUT2D eigenvalue weighted by Crippen LogP contribution is -2.37. The Labute approximate surface area is 84.7 Å². The second kappa shape index (κ2) is 2.85. The van der Waals surface area contributed by atoms with E-state index in [1.807, 2.05) is 0 Å². The number of nitrogens with zero attached hydrogens (tertiary/aromatic N) is 1. The molecule has 3 atom stereocenters. The van der Waals surface area contributed by atoms with Gasteiger partial charge < -0.3 is 5.21 Å². The number of fused-ring (bicyclic) bond motifs is 3. The molecule has 2 heteroatoms. The van der Waals surface area contributed by atoms with Crippen molar-refractivity contribution in [3.05, 3.63) is 12.2 Å². The van der Waals surface area contributed by atoms with Crippen molar-refractivity contribution in [2.75, 3.05) is 0 Å². The van der Waals surface area contributed by atoms with Gasteiger partial charge in [0.1, 0.15) is 0 Å². The summed E-state index contributed by atoms with van der Waals surface area (Å²) in [5, 5.41) is 12.8. The van der Waals surface area contributed by atoms with Crippen LogP contribution in [0, 0.1) is 17.3 Å². The molecule has 3 aliphatic carbocycles. The Kier molecular flexibility index (Phi) is 1.73. The van der Waals surface area contributed by atoms with Crippen LogP contribution in [0.5, 0.6) is 0 Å². The Morgan fingerprint density at radius 3 is 3.00 bits per heavy atom. The second-order valence-corrected chi connectivity index (χ2v) is 5.06. The fourth-order valence-corrected chi connectivity index (χ4v) is 3.99. The molecule has 2 saturated carbocycles. The summed E-state index contributed by atoms with van der Waals surface area (Å²) in [5.41, 5.74) is 1.41. The molecular formula is C12H17NO. The van der Waals surface area contributed by atoms with Crippen LogP contribution in [0.4, 0.5) is 0 Å². The lowest BCUT2D eigenvalue weighted by atomic mass is 9.65. The summed E-state index contributed by atoms with van der Waals surface area (Å²) < 4.78 is 0. The first-order valence-electron chi connectivity index (χ1n) is 5.74. The maximum atomic E-state index is 9.17. The largest absolute Gasteiger partial charge is 0.411 e. The Balaban J connectivity index is 2.01. The van der Waals surface area contributed by atoms with Gasteiger partial charge in [-0.15, -0.1) is 0 Å². The van der Waals surface area contributed by atoms with E-state index in [9.17, 15) is 0 Å². The SMILES string of the molecule is O/N=C1/[C@@H]2CC[C@@H](C2)[C@]12CC=CCC2. The number of allylic oxidation sites excluding steroid dienone is 2. The maximum Gasteiger partial charge on any atom is 0.0669 e. The predicted molar refractivity (Wildman–Crippen MR) is 55.5 cm³/mol. The zero-order valence-corrected chi connectivity index (χ0v) is 8.45. The van der Waals surface area contributed by atoms with Gasteiger partial charge in [-0.3, -0.25) is 0 Å². The fourth-order valence-electron chi connectivity index (χ4n) is 3.99. The van der Waals surface area contributed by atoms with Gasteiger partial charge in [-0.05, 0) is 44.4 Å². The molecule has 0 aromatic carbocycles. The molecule has 0 saturated heterocycles. The van der Waals surface area contributed by atoms with Crippen LogP contribution in [0.3, 0.4) is 0 Å². The lowest BCUT2D eigenvalue weighted by molar-refractivity contribution is 0.233. The molecule has 0 radical (unpaired) electrons. The molecule has 2 bridgehead atoms. The first-order valence-corrected chi connectivity index (χ1v) is 5.74. The van der Waals surface area contributed by atoms with Crippen molar-refractivity contribution < 1.29 is 5.21 Å². The van der Waals surface area contributed by atoms with Crippen molar-refractivity contribution in [1.29, 1.82) is 0 Å². The van der Waals surface area contributed by atoms with Crippen LogP contribution in [0.15, 0.2) is 17.3 Å². The molecule has 0 heterocycles. The van der Waals surface area contributed by atoms with Gasteiger partial charge >= 0.3 is 0 Å². The molecule has 0 aromatic rings. The predicted octanol–water partition coefficient (Wildman–Crippen LogP) is 2.97. The molecule has 3 aliphatic rings.